The molecule has 186 valence electrons. The highest BCUT2D eigenvalue weighted by Crippen LogP contribution is 2.32. The van der Waals surface area contributed by atoms with Gasteiger partial charge in [-0.15, -0.1) is 0 Å². The molecule has 0 bridgehead atoms. The van der Waals surface area contributed by atoms with Crippen molar-refractivity contribution in [2.75, 3.05) is 57.9 Å². The summed E-state index contributed by atoms with van der Waals surface area (Å²) in [6, 6.07) is 5.94. The third kappa shape index (κ3) is 4.80. The highest BCUT2D eigenvalue weighted by Gasteiger charge is 2.48. The zero-order valence-electron chi connectivity index (χ0n) is 19.0. The number of H-pyrrole nitrogens is 1. The zero-order valence-corrected chi connectivity index (χ0v) is 19.8. The Balaban J connectivity index is 1.12. The molecule has 6 heterocycles. The van der Waals surface area contributed by atoms with E-state index in [2.05, 4.69) is 30.2 Å². The van der Waals surface area contributed by atoms with Crippen LogP contribution in [0.2, 0.25) is 5.02 Å². The minimum absolute atomic E-state index is 0.242. The van der Waals surface area contributed by atoms with Crippen LogP contribution in [0.25, 0.3) is 22.4 Å². The van der Waals surface area contributed by atoms with Crippen molar-refractivity contribution in [1.82, 2.24) is 24.8 Å². The molecule has 35 heavy (non-hydrogen) atoms. The lowest BCUT2D eigenvalue weighted by Gasteiger charge is -2.26. The Morgan fingerprint density at radius 3 is 2.86 bits per heavy atom. The van der Waals surface area contributed by atoms with Gasteiger partial charge in [0.25, 0.3) is 6.01 Å². The molecule has 12 heteroatoms. The molecule has 0 saturated carbocycles. The third-order valence-electron chi connectivity index (χ3n) is 6.52. The summed E-state index contributed by atoms with van der Waals surface area (Å²) in [5.41, 5.74) is 2.53. The van der Waals surface area contributed by atoms with Crippen molar-refractivity contribution in [2.45, 2.75) is 24.4 Å². The molecule has 3 aliphatic heterocycles. The summed E-state index contributed by atoms with van der Waals surface area (Å²) in [5, 5.41) is 13.7. The van der Waals surface area contributed by atoms with Gasteiger partial charge in [-0.1, -0.05) is 11.6 Å². The number of aliphatic hydroxyl groups excluding tert-OH is 1. The number of anilines is 1. The fraction of sp³-hybridized carbons (Fsp3) is 0.522. The number of pyridine rings is 2. The van der Waals surface area contributed by atoms with Crippen LogP contribution in [0.3, 0.4) is 0 Å². The Bertz CT molecular complexity index is 1170. The van der Waals surface area contributed by atoms with Crippen molar-refractivity contribution in [3.63, 3.8) is 0 Å². The number of aliphatic hydroxyl groups is 1. The molecule has 3 fully saturated rings. The van der Waals surface area contributed by atoms with Crippen molar-refractivity contribution >= 4 is 28.6 Å². The van der Waals surface area contributed by atoms with E-state index >= 15 is 0 Å². The fourth-order valence-electron chi connectivity index (χ4n) is 4.65. The summed E-state index contributed by atoms with van der Waals surface area (Å²) >= 11 is 6.54. The van der Waals surface area contributed by atoms with Gasteiger partial charge >= 0.3 is 0 Å². The van der Waals surface area contributed by atoms with E-state index in [9.17, 15) is 5.11 Å². The Kier molecular flexibility index (Phi) is 6.44. The lowest BCUT2D eigenvalue weighted by Crippen LogP contribution is -2.39. The van der Waals surface area contributed by atoms with Crippen molar-refractivity contribution in [2.24, 2.45) is 0 Å². The van der Waals surface area contributed by atoms with E-state index in [1.54, 1.807) is 12.3 Å². The van der Waals surface area contributed by atoms with Gasteiger partial charge in [0.1, 0.15) is 24.1 Å². The van der Waals surface area contributed by atoms with Crippen LogP contribution in [-0.2, 0) is 14.2 Å². The molecule has 3 aliphatic rings. The van der Waals surface area contributed by atoms with Crippen molar-refractivity contribution in [1.29, 1.82) is 0 Å². The summed E-state index contributed by atoms with van der Waals surface area (Å²) in [7, 11) is 0. The van der Waals surface area contributed by atoms with Gasteiger partial charge in [-0.3, -0.25) is 4.90 Å². The van der Waals surface area contributed by atoms with Gasteiger partial charge in [-0.2, -0.15) is 4.98 Å². The van der Waals surface area contributed by atoms with E-state index in [1.807, 2.05) is 12.1 Å². The number of hydrogen-bond acceptors (Lipinski definition) is 10. The summed E-state index contributed by atoms with van der Waals surface area (Å²) in [6.45, 7) is 5.84. The predicted octanol–water partition coefficient (Wildman–Crippen LogP) is 1.32. The number of imidazole rings is 1. The van der Waals surface area contributed by atoms with Crippen LogP contribution >= 0.6 is 11.6 Å². The van der Waals surface area contributed by atoms with Crippen LogP contribution in [0, 0.1) is 0 Å². The largest absolute Gasteiger partial charge is 0.456 e. The minimum Gasteiger partial charge on any atom is -0.456 e. The second-order valence-corrected chi connectivity index (χ2v) is 9.27. The number of nitrogens with zero attached hydrogens (tertiary/aromatic N) is 4. The molecular weight excluding hydrogens is 476 g/mol. The number of hydrogen-bond donors (Lipinski definition) is 3. The molecule has 11 nitrogen and oxygen atoms in total. The smallest absolute Gasteiger partial charge is 0.296 e. The SMILES string of the molecule is O[C@@H]1CO[C@H]2[C@@H]1OC[C@H]2Oc1nc2nc(-c3ccc(NCCN4CCOCC4)nc3)c(Cl)cc2[nH]1. The molecule has 0 radical (unpaired) electrons. The maximum atomic E-state index is 9.91. The van der Waals surface area contributed by atoms with Gasteiger partial charge in [0, 0.05) is 37.9 Å². The highest BCUT2D eigenvalue weighted by molar-refractivity contribution is 6.33. The number of fused-ring (bicyclic) bond motifs is 2. The van der Waals surface area contributed by atoms with E-state index in [0.717, 1.165) is 50.8 Å². The molecule has 3 saturated heterocycles. The maximum absolute atomic E-state index is 9.91. The van der Waals surface area contributed by atoms with Crippen LogP contribution < -0.4 is 10.1 Å². The first-order valence-corrected chi connectivity index (χ1v) is 12.2. The first-order valence-electron chi connectivity index (χ1n) is 11.8. The molecule has 3 aromatic heterocycles. The van der Waals surface area contributed by atoms with Gasteiger partial charge in [0.15, 0.2) is 11.8 Å². The Morgan fingerprint density at radius 2 is 2.03 bits per heavy atom. The average molecular weight is 503 g/mol. The van der Waals surface area contributed by atoms with Crippen molar-refractivity contribution in [3.05, 3.63) is 29.4 Å². The second-order valence-electron chi connectivity index (χ2n) is 8.86. The molecule has 6 rings (SSSR count). The molecule has 0 spiro atoms. The van der Waals surface area contributed by atoms with E-state index in [0.29, 0.717) is 34.5 Å². The van der Waals surface area contributed by atoms with E-state index in [4.69, 9.17) is 30.5 Å². The Hall–Kier alpha value is -2.54. The first-order chi connectivity index (χ1) is 17.1. The van der Waals surface area contributed by atoms with Crippen LogP contribution in [-0.4, -0.2) is 107 Å². The number of aromatic amines is 1. The molecular formula is C23H27ClN6O5. The van der Waals surface area contributed by atoms with Gasteiger partial charge in [-0.25, -0.2) is 9.97 Å². The first kappa shape index (κ1) is 22.9. The quantitative estimate of drug-likeness (QED) is 0.435. The van der Waals surface area contributed by atoms with Crippen LogP contribution in [0.5, 0.6) is 6.01 Å². The van der Waals surface area contributed by atoms with E-state index in [1.165, 1.54) is 0 Å². The molecule has 3 aromatic rings. The fourth-order valence-corrected chi connectivity index (χ4v) is 4.91. The Morgan fingerprint density at radius 1 is 1.17 bits per heavy atom. The highest BCUT2D eigenvalue weighted by atomic mass is 35.5. The van der Waals surface area contributed by atoms with Gasteiger partial charge < -0.3 is 34.4 Å². The average Bonchev–Trinajstić information content (AvgIpc) is 3.56. The zero-order chi connectivity index (χ0) is 23.8. The number of morpholine rings is 1. The summed E-state index contributed by atoms with van der Waals surface area (Å²) < 4.78 is 22.6. The summed E-state index contributed by atoms with van der Waals surface area (Å²) in [4.78, 5) is 19.1. The number of nitrogens with one attached hydrogen (secondary N) is 2. The number of rotatable bonds is 7. The molecule has 0 unspecified atom stereocenters. The van der Waals surface area contributed by atoms with Crippen LogP contribution in [0.4, 0.5) is 5.82 Å². The minimum atomic E-state index is -0.632. The molecule has 0 amide bonds. The lowest BCUT2D eigenvalue weighted by atomic mass is 10.1. The molecule has 4 atom stereocenters. The summed E-state index contributed by atoms with van der Waals surface area (Å²) in [5.74, 6) is 0.797. The topological polar surface area (TPSA) is 127 Å². The van der Waals surface area contributed by atoms with E-state index < -0.39 is 6.10 Å². The maximum Gasteiger partial charge on any atom is 0.296 e. The number of halogens is 1. The molecule has 0 aromatic carbocycles. The standard InChI is InChI=1S/C23H27ClN6O5/c24-14-9-15-22(29-23(27-15)35-17-12-34-20-16(31)11-33-21(17)20)28-19(14)13-1-2-18(26-10-13)25-3-4-30-5-7-32-8-6-30/h1-2,9-10,16-17,20-21,31H,3-8,11-12H2,(H,25,26)(H,27,28,29)/t16-,17-,20-,21-/m1/s1. The predicted molar refractivity (Wildman–Crippen MR) is 128 cm³/mol. The Labute approximate surface area is 206 Å². The monoisotopic (exact) mass is 502 g/mol. The van der Waals surface area contributed by atoms with Gasteiger partial charge in [0.05, 0.1) is 42.7 Å². The molecule has 3 N–H and O–H groups in total. The van der Waals surface area contributed by atoms with Crippen LogP contribution in [0.15, 0.2) is 24.4 Å². The van der Waals surface area contributed by atoms with Crippen LogP contribution in [0.1, 0.15) is 0 Å². The normalized spacial score (nSPS) is 26.8. The van der Waals surface area contributed by atoms with Crippen molar-refractivity contribution < 1.29 is 24.1 Å². The molecule has 0 aliphatic carbocycles. The second kappa shape index (κ2) is 9.84. The number of ether oxygens (including phenoxy) is 4. The van der Waals surface area contributed by atoms with Gasteiger partial charge in [0.2, 0.25) is 0 Å². The third-order valence-corrected chi connectivity index (χ3v) is 6.81. The number of aromatic nitrogens is 4. The van der Waals surface area contributed by atoms with E-state index in [-0.39, 0.29) is 24.9 Å². The summed E-state index contributed by atoms with van der Waals surface area (Å²) in [6.07, 6.45) is 0.0672. The van der Waals surface area contributed by atoms with Gasteiger partial charge in [-0.05, 0) is 18.2 Å². The lowest BCUT2D eigenvalue weighted by molar-refractivity contribution is 0.00706. The van der Waals surface area contributed by atoms with Crippen molar-refractivity contribution in [3.8, 4) is 17.3 Å².